The zero-order chi connectivity index (χ0) is 16.4. The molecule has 0 aromatic heterocycles. The zero-order valence-corrected chi connectivity index (χ0v) is 14.0. The highest BCUT2D eigenvalue weighted by atomic mass is 16.3. The largest absolute Gasteiger partial charge is 0.396 e. The molecule has 0 amide bonds. The fourth-order valence-electron chi connectivity index (χ4n) is 6.36. The highest BCUT2D eigenvalue weighted by Crippen LogP contribution is 2.64. The standard InChI is InChI=1S/C20H26O3/c1-19-7-5-13(22)10-17(19)12(11-21)9-14-15-3-4-18(23)20(15,2)8-6-16(14)19/h5,7,10,12,14-16,21H,3-4,6,8-9,11H2,1-2H3/t12?,14-,15-,16-,19+,20+/m0/s1. The topological polar surface area (TPSA) is 54.4 Å². The Balaban J connectivity index is 1.77. The molecule has 0 aromatic carbocycles. The van der Waals surface area contributed by atoms with Gasteiger partial charge in [-0.25, -0.2) is 0 Å². The number of fused-ring (bicyclic) bond motifs is 5. The Kier molecular flexibility index (Phi) is 3.26. The molecule has 124 valence electrons. The summed E-state index contributed by atoms with van der Waals surface area (Å²) in [4.78, 5) is 24.3. The smallest absolute Gasteiger partial charge is 0.178 e. The van der Waals surface area contributed by atoms with Gasteiger partial charge in [-0.1, -0.05) is 25.5 Å². The van der Waals surface area contributed by atoms with Crippen LogP contribution in [0, 0.1) is 34.5 Å². The van der Waals surface area contributed by atoms with Gasteiger partial charge in [-0.2, -0.15) is 0 Å². The van der Waals surface area contributed by atoms with Gasteiger partial charge in [0, 0.05) is 29.8 Å². The minimum Gasteiger partial charge on any atom is -0.396 e. The van der Waals surface area contributed by atoms with Gasteiger partial charge in [0.2, 0.25) is 0 Å². The molecule has 23 heavy (non-hydrogen) atoms. The lowest BCUT2D eigenvalue weighted by atomic mass is 9.46. The second-order valence-electron chi connectivity index (χ2n) is 8.53. The number of rotatable bonds is 1. The Bertz CT molecular complexity index is 631. The third kappa shape index (κ3) is 1.92. The maximum atomic E-state index is 12.4. The summed E-state index contributed by atoms with van der Waals surface area (Å²) >= 11 is 0. The molecule has 3 heteroatoms. The lowest BCUT2D eigenvalue weighted by molar-refractivity contribution is -0.132. The van der Waals surface area contributed by atoms with Crippen molar-refractivity contribution in [3.63, 3.8) is 0 Å². The summed E-state index contributed by atoms with van der Waals surface area (Å²) < 4.78 is 0. The van der Waals surface area contributed by atoms with Gasteiger partial charge in [0.25, 0.3) is 0 Å². The van der Waals surface area contributed by atoms with E-state index < -0.39 is 0 Å². The molecular formula is C20H26O3. The van der Waals surface area contributed by atoms with Gasteiger partial charge in [-0.15, -0.1) is 0 Å². The summed E-state index contributed by atoms with van der Waals surface area (Å²) in [6, 6.07) is 0. The first-order valence-electron chi connectivity index (χ1n) is 8.99. The van der Waals surface area contributed by atoms with E-state index in [2.05, 4.69) is 19.9 Å². The summed E-state index contributed by atoms with van der Waals surface area (Å²) in [5, 5.41) is 9.93. The van der Waals surface area contributed by atoms with Crippen LogP contribution in [0.15, 0.2) is 23.8 Å². The van der Waals surface area contributed by atoms with Crippen LogP contribution in [-0.2, 0) is 9.59 Å². The number of ketones is 2. The monoisotopic (exact) mass is 314 g/mol. The Morgan fingerprint density at radius 1 is 1.22 bits per heavy atom. The fourth-order valence-corrected chi connectivity index (χ4v) is 6.36. The average Bonchev–Trinajstić information content (AvgIpc) is 2.83. The fraction of sp³-hybridized carbons (Fsp3) is 0.700. The molecule has 0 bridgehead atoms. The van der Waals surface area contributed by atoms with Crippen molar-refractivity contribution < 1.29 is 14.7 Å². The molecule has 0 heterocycles. The number of Topliss-reactive ketones (excluding diaryl/α,β-unsaturated/α-hetero) is 1. The van der Waals surface area contributed by atoms with E-state index in [1.54, 1.807) is 12.2 Å². The third-order valence-corrected chi connectivity index (χ3v) is 7.65. The van der Waals surface area contributed by atoms with E-state index in [1.165, 1.54) is 0 Å². The van der Waals surface area contributed by atoms with Gasteiger partial charge in [-0.3, -0.25) is 9.59 Å². The van der Waals surface area contributed by atoms with Crippen LogP contribution in [0.1, 0.15) is 46.0 Å². The third-order valence-electron chi connectivity index (χ3n) is 7.65. The molecule has 6 atom stereocenters. The molecule has 4 aliphatic rings. The van der Waals surface area contributed by atoms with E-state index in [0.29, 0.717) is 23.5 Å². The predicted octanol–water partition coefficient (Wildman–Crippen LogP) is 3.08. The van der Waals surface area contributed by atoms with Crippen molar-refractivity contribution in [2.75, 3.05) is 6.61 Å². The van der Waals surface area contributed by atoms with Crippen molar-refractivity contribution >= 4 is 11.6 Å². The molecule has 0 saturated heterocycles. The van der Waals surface area contributed by atoms with E-state index in [-0.39, 0.29) is 29.1 Å². The minimum absolute atomic E-state index is 0.0473. The van der Waals surface area contributed by atoms with E-state index in [0.717, 1.165) is 37.7 Å². The summed E-state index contributed by atoms with van der Waals surface area (Å²) in [5.41, 5.74) is 0.853. The van der Waals surface area contributed by atoms with Crippen molar-refractivity contribution in [1.29, 1.82) is 0 Å². The van der Waals surface area contributed by atoms with E-state index in [1.807, 2.05) is 0 Å². The first kappa shape index (κ1) is 15.3. The highest BCUT2D eigenvalue weighted by molar-refractivity contribution is 6.01. The SMILES string of the molecule is C[C@]12C=CC(=O)C=C1C(CO)C[C@@H]1[C@@H]2CC[C@@]2(C)C(=O)CC[C@@H]12. The number of hydrogen-bond acceptors (Lipinski definition) is 3. The van der Waals surface area contributed by atoms with Crippen LogP contribution in [0.2, 0.25) is 0 Å². The van der Waals surface area contributed by atoms with Gasteiger partial charge >= 0.3 is 0 Å². The Morgan fingerprint density at radius 2 is 2.00 bits per heavy atom. The first-order chi connectivity index (χ1) is 10.9. The number of aliphatic hydroxyl groups excluding tert-OH is 1. The lowest BCUT2D eigenvalue weighted by Crippen LogP contribution is -2.52. The zero-order valence-electron chi connectivity index (χ0n) is 14.0. The number of carbonyl (C=O) groups excluding carboxylic acids is 2. The molecule has 3 nitrogen and oxygen atoms in total. The van der Waals surface area contributed by atoms with Crippen LogP contribution in [0.3, 0.4) is 0 Å². The van der Waals surface area contributed by atoms with Crippen LogP contribution < -0.4 is 0 Å². The minimum atomic E-state index is -0.146. The number of aliphatic hydroxyl groups is 1. The van der Waals surface area contributed by atoms with Gasteiger partial charge in [0.1, 0.15) is 5.78 Å². The molecule has 4 rings (SSSR count). The first-order valence-corrected chi connectivity index (χ1v) is 8.99. The van der Waals surface area contributed by atoms with Crippen molar-refractivity contribution in [1.82, 2.24) is 0 Å². The highest BCUT2D eigenvalue weighted by Gasteiger charge is 2.59. The van der Waals surface area contributed by atoms with Gasteiger partial charge in [0.15, 0.2) is 5.78 Å². The molecule has 0 aromatic rings. The maximum absolute atomic E-state index is 12.4. The molecule has 0 aliphatic heterocycles. The normalized spacial score (nSPS) is 48.6. The van der Waals surface area contributed by atoms with Crippen LogP contribution in [-0.4, -0.2) is 23.3 Å². The molecule has 3 saturated carbocycles. The molecule has 4 aliphatic carbocycles. The molecular weight excluding hydrogens is 288 g/mol. The van der Waals surface area contributed by atoms with Gasteiger partial charge in [-0.05, 0) is 55.6 Å². The summed E-state index contributed by atoms with van der Waals surface area (Å²) in [7, 11) is 0. The van der Waals surface area contributed by atoms with Crippen molar-refractivity contribution in [2.45, 2.75) is 46.0 Å². The quantitative estimate of drug-likeness (QED) is 0.809. The summed E-state index contributed by atoms with van der Waals surface area (Å²) in [6.07, 6.45) is 10.2. The van der Waals surface area contributed by atoms with Crippen LogP contribution >= 0.6 is 0 Å². The predicted molar refractivity (Wildman–Crippen MR) is 87.6 cm³/mol. The summed E-state index contributed by atoms with van der Waals surface area (Å²) in [5.74, 6) is 1.98. The van der Waals surface area contributed by atoms with Crippen molar-refractivity contribution in [2.24, 2.45) is 34.5 Å². The van der Waals surface area contributed by atoms with Crippen molar-refractivity contribution in [3.05, 3.63) is 23.8 Å². The second kappa shape index (κ2) is 4.89. The number of carbonyl (C=O) groups is 2. The van der Waals surface area contributed by atoms with Crippen LogP contribution in [0.5, 0.6) is 0 Å². The van der Waals surface area contributed by atoms with Crippen LogP contribution in [0.4, 0.5) is 0 Å². The van der Waals surface area contributed by atoms with Crippen molar-refractivity contribution in [3.8, 4) is 0 Å². The van der Waals surface area contributed by atoms with E-state index >= 15 is 0 Å². The average molecular weight is 314 g/mol. The molecule has 1 N–H and O–H groups in total. The molecule has 3 fully saturated rings. The molecule has 0 radical (unpaired) electrons. The Labute approximate surface area is 137 Å². The van der Waals surface area contributed by atoms with E-state index in [4.69, 9.17) is 0 Å². The number of hydrogen-bond donors (Lipinski definition) is 1. The van der Waals surface area contributed by atoms with Crippen LogP contribution in [0.25, 0.3) is 0 Å². The Morgan fingerprint density at radius 3 is 2.74 bits per heavy atom. The van der Waals surface area contributed by atoms with E-state index in [9.17, 15) is 14.7 Å². The Hall–Kier alpha value is -1.22. The molecule has 0 spiro atoms. The van der Waals surface area contributed by atoms with Gasteiger partial charge in [0.05, 0.1) is 0 Å². The van der Waals surface area contributed by atoms with Gasteiger partial charge < -0.3 is 5.11 Å². The maximum Gasteiger partial charge on any atom is 0.178 e. The second-order valence-corrected chi connectivity index (χ2v) is 8.53. The summed E-state index contributed by atoms with van der Waals surface area (Å²) in [6.45, 7) is 4.51. The number of allylic oxidation sites excluding steroid dienone is 3. The lowest BCUT2D eigenvalue weighted by Gasteiger charge is -2.57. The molecule has 1 unspecified atom stereocenters.